The van der Waals surface area contributed by atoms with Crippen LogP contribution in [0.3, 0.4) is 0 Å². The summed E-state index contributed by atoms with van der Waals surface area (Å²) in [5, 5.41) is 0. The van der Waals surface area contributed by atoms with Gasteiger partial charge in [-0.2, -0.15) is 0 Å². The highest BCUT2D eigenvalue weighted by molar-refractivity contribution is 9.10. The van der Waals surface area contributed by atoms with E-state index in [1.807, 2.05) is 19.1 Å². The first-order chi connectivity index (χ1) is 8.60. The Morgan fingerprint density at radius 3 is 2.83 bits per heavy atom. The van der Waals surface area contributed by atoms with Crippen molar-refractivity contribution in [3.05, 3.63) is 56.0 Å². The highest BCUT2D eigenvalue weighted by Crippen LogP contribution is 2.15. The van der Waals surface area contributed by atoms with E-state index in [0.717, 1.165) is 28.7 Å². The zero-order valence-electron chi connectivity index (χ0n) is 10.5. The fourth-order valence-electron chi connectivity index (χ4n) is 1.91. The van der Waals surface area contributed by atoms with E-state index in [1.165, 1.54) is 11.3 Å². The highest BCUT2D eigenvalue weighted by Gasteiger charge is 2.04. The van der Waals surface area contributed by atoms with Crippen LogP contribution >= 0.6 is 28.1 Å². The number of aryl methyl sites for hydroxylation is 1. The van der Waals surface area contributed by atoms with Gasteiger partial charge in [0.1, 0.15) is 10.5 Å². The predicted octanol–water partition coefficient (Wildman–Crippen LogP) is 4.36. The zero-order valence-corrected chi connectivity index (χ0v) is 12.9. The molecule has 2 rings (SSSR count). The van der Waals surface area contributed by atoms with Gasteiger partial charge in [-0.05, 0) is 31.0 Å². The lowest BCUT2D eigenvalue weighted by Gasteiger charge is -2.08. The summed E-state index contributed by atoms with van der Waals surface area (Å²) in [6.07, 6.45) is 1.72. The number of hydrogen-bond donors (Lipinski definition) is 1. The zero-order chi connectivity index (χ0) is 13.1. The second-order valence-electron chi connectivity index (χ2n) is 4.25. The van der Waals surface area contributed by atoms with Crippen molar-refractivity contribution in [2.45, 2.75) is 26.7 Å². The van der Waals surface area contributed by atoms with Crippen molar-refractivity contribution in [2.24, 2.45) is 0 Å². The SMILES string of the molecule is CCc1[nH]c(Cc2cccc(Br)c2)nc(=S)c1C. The molecule has 1 N–H and O–H groups in total. The first-order valence-corrected chi connectivity index (χ1v) is 7.13. The van der Waals surface area contributed by atoms with Crippen molar-refractivity contribution in [1.82, 2.24) is 9.97 Å². The molecule has 2 aromatic rings. The fourth-order valence-corrected chi connectivity index (χ4v) is 2.59. The molecule has 1 aromatic heterocycles. The van der Waals surface area contributed by atoms with Gasteiger partial charge in [-0.15, -0.1) is 0 Å². The van der Waals surface area contributed by atoms with Gasteiger partial charge in [0, 0.05) is 22.2 Å². The van der Waals surface area contributed by atoms with Gasteiger partial charge in [-0.1, -0.05) is 47.2 Å². The van der Waals surface area contributed by atoms with Gasteiger partial charge in [-0.25, -0.2) is 4.98 Å². The molecule has 1 aromatic carbocycles. The van der Waals surface area contributed by atoms with E-state index in [-0.39, 0.29) is 0 Å². The van der Waals surface area contributed by atoms with E-state index in [4.69, 9.17) is 12.2 Å². The van der Waals surface area contributed by atoms with Crippen molar-refractivity contribution in [3.8, 4) is 0 Å². The summed E-state index contributed by atoms with van der Waals surface area (Å²) in [6.45, 7) is 4.14. The third-order valence-electron chi connectivity index (χ3n) is 2.92. The van der Waals surface area contributed by atoms with Crippen LogP contribution in [-0.4, -0.2) is 9.97 Å². The third kappa shape index (κ3) is 3.06. The van der Waals surface area contributed by atoms with Crippen LogP contribution in [0.2, 0.25) is 0 Å². The minimum absolute atomic E-state index is 0.704. The highest BCUT2D eigenvalue weighted by atomic mass is 79.9. The Bertz CT molecular complexity index is 619. The molecular weight excluding hydrogens is 308 g/mol. The van der Waals surface area contributed by atoms with Gasteiger partial charge < -0.3 is 4.98 Å². The molecule has 1 heterocycles. The molecule has 0 saturated heterocycles. The van der Waals surface area contributed by atoms with Crippen molar-refractivity contribution >= 4 is 28.1 Å². The van der Waals surface area contributed by atoms with Gasteiger partial charge in [-0.3, -0.25) is 0 Å². The number of hydrogen-bond acceptors (Lipinski definition) is 2. The maximum atomic E-state index is 5.30. The first kappa shape index (κ1) is 13.4. The van der Waals surface area contributed by atoms with Crippen LogP contribution < -0.4 is 0 Å². The van der Waals surface area contributed by atoms with Crippen LogP contribution in [0.25, 0.3) is 0 Å². The standard InChI is InChI=1S/C14H15BrN2S/c1-3-12-9(2)14(18)17-13(16-12)8-10-5-4-6-11(15)7-10/h4-7H,3,8H2,1-2H3,(H,16,17,18). The second kappa shape index (κ2) is 5.76. The Balaban J connectivity index is 2.35. The second-order valence-corrected chi connectivity index (χ2v) is 5.55. The molecule has 0 atom stereocenters. The monoisotopic (exact) mass is 322 g/mol. The van der Waals surface area contributed by atoms with Crippen LogP contribution in [0.4, 0.5) is 0 Å². The summed E-state index contributed by atoms with van der Waals surface area (Å²) >= 11 is 8.77. The summed E-state index contributed by atoms with van der Waals surface area (Å²) < 4.78 is 1.79. The van der Waals surface area contributed by atoms with E-state index in [1.54, 1.807) is 0 Å². The first-order valence-electron chi connectivity index (χ1n) is 5.93. The van der Waals surface area contributed by atoms with E-state index in [9.17, 15) is 0 Å². The van der Waals surface area contributed by atoms with Crippen molar-refractivity contribution in [3.63, 3.8) is 0 Å². The summed E-state index contributed by atoms with van der Waals surface area (Å²) in [6, 6.07) is 8.24. The van der Waals surface area contributed by atoms with E-state index < -0.39 is 0 Å². The van der Waals surface area contributed by atoms with E-state index >= 15 is 0 Å². The maximum absolute atomic E-state index is 5.30. The molecule has 0 aliphatic heterocycles. The summed E-state index contributed by atoms with van der Waals surface area (Å²) in [5.41, 5.74) is 3.49. The number of aromatic amines is 1. The molecule has 0 bridgehead atoms. The molecule has 2 nitrogen and oxygen atoms in total. The number of nitrogens with zero attached hydrogens (tertiary/aromatic N) is 1. The summed E-state index contributed by atoms with van der Waals surface area (Å²) in [7, 11) is 0. The van der Waals surface area contributed by atoms with Crippen LogP contribution in [0, 0.1) is 11.6 Å². The lowest BCUT2D eigenvalue weighted by Crippen LogP contribution is -2.03. The quantitative estimate of drug-likeness (QED) is 0.850. The van der Waals surface area contributed by atoms with Gasteiger partial charge in [0.2, 0.25) is 0 Å². The van der Waals surface area contributed by atoms with Gasteiger partial charge in [0.25, 0.3) is 0 Å². The van der Waals surface area contributed by atoms with Crippen molar-refractivity contribution in [2.75, 3.05) is 0 Å². The molecule has 18 heavy (non-hydrogen) atoms. The largest absolute Gasteiger partial charge is 0.347 e. The molecule has 0 fully saturated rings. The summed E-state index contributed by atoms with van der Waals surface area (Å²) in [4.78, 5) is 7.83. The molecule has 0 radical (unpaired) electrons. The van der Waals surface area contributed by atoms with Gasteiger partial charge >= 0.3 is 0 Å². The van der Waals surface area contributed by atoms with Crippen molar-refractivity contribution in [1.29, 1.82) is 0 Å². The Morgan fingerprint density at radius 2 is 2.17 bits per heavy atom. The molecule has 0 saturated carbocycles. The fraction of sp³-hybridized carbons (Fsp3) is 0.286. The molecule has 0 aliphatic rings. The molecule has 0 amide bonds. The van der Waals surface area contributed by atoms with Crippen molar-refractivity contribution < 1.29 is 0 Å². The Kier molecular flexibility index (Phi) is 4.30. The molecule has 4 heteroatoms. The number of aromatic nitrogens is 2. The lowest BCUT2D eigenvalue weighted by atomic mass is 10.1. The third-order valence-corrected chi connectivity index (χ3v) is 3.81. The lowest BCUT2D eigenvalue weighted by molar-refractivity contribution is 0.881. The minimum atomic E-state index is 0.704. The molecule has 0 aliphatic carbocycles. The predicted molar refractivity (Wildman–Crippen MR) is 80.5 cm³/mol. The minimum Gasteiger partial charge on any atom is -0.347 e. The smallest absolute Gasteiger partial charge is 0.132 e. The van der Waals surface area contributed by atoms with Crippen LogP contribution in [0.15, 0.2) is 28.7 Å². The number of benzene rings is 1. The molecule has 0 unspecified atom stereocenters. The summed E-state index contributed by atoms with van der Waals surface area (Å²) in [5.74, 6) is 0.931. The van der Waals surface area contributed by atoms with E-state index in [2.05, 4.69) is 45.0 Å². The van der Waals surface area contributed by atoms with Crippen LogP contribution in [0.1, 0.15) is 29.6 Å². The Labute approximate surface area is 121 Å². The molecule has 0 spiro atoms. The number of halogens is 1. The van der Waals surface area contributed by atoms with E-state index in [0.29, 0.717) is 4.64 Å². The molecular formula is C14H15BrN2S. The number of nitrogens with one attached hydrogen (secondary N) is 1. The average Bonchev–Trinajstić information content (AvgIpc) is 2.33. The number of rotatable bonds is 3. The van der Waals surface area contributed by atoms with Gasteiger partial charge in [0.15, 0.2) is 0 Å². The normalized spacial score (nSPS) is 10.6. The Hall–Kier alpha value is -1.00. The van der Waals surface area contributed by atoms with Crippen LogP contribution in [-0.2, 0) is 12.8 Å². The topological polar surface area (TPSA) is 28.7 Å². The average molecular weight is 323 g/mol. The molecule has 94 valence electrons. The maximum Gasteiger partial charge on any atom is 0.132 e. The Morgan fingerprint density at radius 1 is 1.39 bits per heavy atom. The number of H-pyrrole nitrogens is 1. The van der Waals surface area contributed by atoms with Gasteiger partial charge in [0.05, 0.1) is 0 Å². The van der Waals surface area contributed by atoms with Crippen LogP contribution in [0.5, 0.6) is 0 Å².